The van der Waals surface area contributed by atoms with Crippen molar-refractivity contribution in [2.75, 3.05) is 60.4 Å². The monoisotopic (exact) mass is 1030 g/mol. The maximum Gasteiger partial charge on any atom is 0.254 e. The van der Waals surface area contributed by atoms with E-state index in [4.69, 9.17) is 36.4 Å². The maximum absolute atomic E-state index is 13.5. The number of likely N-dealkylation sites (N-methyl/N-ethyl adjacent to an activating group) is 1. The minimum absolute atomic E-state index is 0.0712. The Balaban J connectivity index is 0.000000716. The number of nitriles is 1. The van der Waals surface area contributed by atoms with Gasteiger partial charge in [0.25, 0.3) is 11.8 Å². The van der Waals surface area contributed by atoms with Gasteiger partial charge in [-0.1, -0.05) is 86.8 Å². The lowest BCUT2D eigenvalue weighted by molar-refractivity contribution is -0.120. The normalized spacial score (nSPS) is 18.9. The van der Waals surface area contributed by atoms with E-state index in [1.807, 2.05) is 12.1 Å². The number of rotatable bonds is 16. The molecular formula is C56H76ClN11O6. The second-order valence-electron chi connectivity index (χ2n) is 23.4. The quantitative estimate of drug-likeness (QED) is 0.0823. The lowest BCUT2D eigenvalue weighted by Gasteiger charge is -2.57. The molecule has 2 saturated carbocycles. The molecular weight excluding hydrogens is 958 g/mol. The van der Waals surface area contributed by atoms with Crippen molar-refractivity contribution in [3.05, 3.63) is 76.7 Å². The number of fused-ring (bicyclic) bond motifs is 1. The molecule has 398 valence electrons. The molecule has 4 aliphatic rings. The SMILES string of the molecule is CCC1C(=O)N(C)c2cnc(Nc3ccc(C(=O)NCC(C)(C)CC(C)(C)COC4CCN(c5ncc(C(=O)NC6C(C)(C)CC6(C)C)cn5)CC4)cc3OC)nc2N1C1CCCC1.N#Cc1ccc(O)cc1Cl. The molecule has 8 rings (SSSR count). The van der Waals surface area contributed by atoms with Crippen LogP contribution in [0, 0.1) is 33.0 Å². The average molecular weight is 1030 g/mol. The minimum atomic E-state index is -0.261. The number of anilines is 5. The van der Waals surface area contributed by atoms with Gasteiger partial charge < -0.3 is 45.2 Å². The van der Waals surface area contributed by atoms with E-state index in [1.165, 1.54) is 18.2 Å². The molecule has 0 radical (unpaired) electrons. The van der Waals surface area contributed by atoms with Crippen LogP contribution in [0.1, 0.15) is 146 Å². The van der Waals surface area contributed by atoms with Crippen LogP contribution in [0.2, 0.25) is 5.02 Å². The molecule has 0 spiro atoms. The third-order valence-electron chi connectivity index (χ3n) is 15.0. The number of methoxy groups -OCH3 is 1. The lowest BCUT2D eigenvalue weighted by Crippen LogP contribution is -2.63. The maximum atomic E-state index is 13.5. The van der Waals surface area contributed by atoms with Crippen molar-refractivity contribution in [1.29, 1.82) is 5.26 Å². The molecule has 0 bridgehead atoms. The van der Waals surface area contributed by atoms with Crippen LogP contribution in [0.5, 0.6) is 11.5 Å². The summed E-state index contributed by atoms with van der Waals surface area (Å²) in [4.78, 5) is 64.6. The van der Waals surface area contributed by atoms with Crippen LogP contribution in [-0.2, 0) is 9.53 Å². The van der Waals surface area contributed by atoms with Gasteiger partial charge in [0.05, 0.1) is 47.9 Å². The van der Waals surface area contributed by atoms with E-state index < -0.39 is 0 Å². The number of carbonyl (C=O) groups excluding carboxylic acids is 3. The van der Waals surface area contributed by atoms with Crippen LogP contribution in [0.3, 0.4) is 0 Å². The topological polar surface area (TPSA) is 211 Å². The number of nitrogens with zero attached hydrogens (tertiary/aromatic N) is 8. The highest BCUT2D eigenvalue weighted by Gasteiger charge is 2.53. The average Bonchev–Trinajstić information content (AvgIpc) is 3.90. The molecule has 1 atom stereocenters. The predicted octanol–water partition coefficient (Wildman–Crippen LogP) is 9.85. The first-order valence-corrected chi connectivity index (χ1v) is 26.4. The molecule has 4 aromatic rings. The fourth-order valence-corrected chi connectivity index (χ4v) is 12.2. The summed E-state index contributed by atoms with van der Waals surface area (Å²) in [5.41, 5.74) is 2.50. The third kappa shape index (κ3) is 13.0. The highest BCUT2D eigenvalue weighted by Crippen LogP contribution is 2.53. The molecule has 2 aromatic carbocycles. The van der Waals surface area contributed by atoms with Gasteiger partial charge in [0, 0.05) is 56.7 Å². The molecule has 4 heterocycles. The van der Waals surface area contributed by atoms with Crippen molar-refractivity contribution in [3.63, 3.8) is 0 Å². The molecule has 17 nitrogen and oxygen atoms in total. The highest BCUT2D eigenvalue weighted by molar-refractivity contribution is 6.31. The summed E-state index contributed by atoms with van der Waals surface area (Å²) in [6.07, 6.45) is 13.8. The molecule has 1 unspecified atom stereocenters. The van der Waals surface area contributed by atoms with Crippen molar-refractivity contribution < 1.29 is 29.0 Å². The van der Waals surface area contributed by atoms with E-state index in [1.54, 1.807) is 49.8 Å². The molecule has 1 saturated heterocycles. The summed E-state index contributed by atoms with van der Waals surface area (Å²) < 4.78 is 12.3. The zero-order valence-electron chi connectivity index (χ0n) is 45.1. The number of piperidine rings is 1. The van der Waals surface area contributed by atoms with E-state index in [0.717, 1.165) is 70.3 Å². The molecule has 2 aliphatic carbocycles. The van der Waals surface area contributed by atoms with E-state index in [-0.39, 0.29) is 74.4 Å². The Kier molecular flexibility index (Phi) is 17.0. The Bertz CT molecular complexity index is 2680. The molecule has 3 amide bonds. The summed E-state index contributed by atoms with van der Waals surface area (Å²) >= 11 is 5.55. The van der Waals surface area contributed by atoms with Gasteiger partial charge in [0.2, 0.25) is 17.8 Å². The van der Waals surface area contributed by atoms with Crippen LogP contribution < -0.4 is 35.4 Å². The van der Waals surface area contributed by atoms with Gasteiger partial charge in [0.1, 0.15) is 29.3 Å². The number of amides is 3. The van der Waals surface area contributed by atoms with E-state index in [0.29, 0.717) is 65.3 Å². The fraction of sp³-hybridized carbons (Fsp3) is 0.571. The van der Waals surface area contributed by atoms with E-state index >= 15 is 0 Å². The van der Waals surface area contributed by atoms with Gasteiger partial charge in [-0.2, -0.15) is 10.2 Å². The van der Waals surface area contributed by atoms with Crippen molar-refractivity contribution in [1.82, 2.24) is 30.6 Å². The van der Waals surface area contributed by atoms with Crippen LogP contribution in [0.25, 0.3) is 0 Å². The van der Waals surface area contributed by atoms with E-state index in [9.17, 15) is 14.4 Å². The van der Waals surface area contributed by atoms with Crippen LogP contribution >= 0.6 is 11.6 Å². The zero-order valence-corrected chi connectivity index (χ0v) is 45.9. The number of benzene rings is 2. The standard InChI is InChI=1S/C49H72N10O5.C7H4ClNO/c1-12-36-42(62)57(10)37-26-50-44(55-39(37)59(36)33-15-13-14-16-33)54-35-18-17-31(23-38(35)63-11)40(60)53-29-46(2,3)27-47(4,5)30-64-34-19-21-58(22-20-34)45-51-24-32(25-52-45)41(61)56-43-48(6,7)28-49(43,8)9;8-7-3-6(10)2-1-5(7)4-9/h17-18,23-26,33-34,36,43H,12-16,19-22,27-30H2,1-11H3,(H,53,60)(H,56,61)(H,50,54,55);1-3,10H. The largest absolute Gasteiger partial charge is 0.508 e. The fourth-order valence-electron chi connectivity index (χ4n) is 12.0. The van der Waals surface area contributed by atoms with Crippen molar-refractivity contribution in [2.45, 2.75) is 144 Å². The van der Waals surface area contributed by atoms with Gasteiger partial charge in [0.15, 0.2) is 5.82 Å². The smallest absolute Gasteiger partial charge is 0.254 e. The number of hydrogen-bond acceptors (Lipinski definition) is 14. The molecule has 74 heavy (non-hydrogen) atoms. The number of carbonyl (C=O) groups is 3. The van der Waals surface area contributed by atoms with Gasteiger partial charge in [-0.15, -0.1) is 0 Å². The van der Waals surface area contributed by atoms with Crippen LogP contribution in [0.4, 0.5) is 29.1 Å². The number of phenolic OH excluding ortho intramolecular Hbond substituents is 1. The Morgan fingerprint density at radius 2 is 1.59 bits per heavy atom. The predicted molar refractivity (Wildman–Crippen MR) is 290 cm³/mol. The number of phenols is 1. The molecule has 2 aromatic heterocycles. The van der Waals surface area contributed by atoms with Gasteiger partial charge in [-0.25, -0.2) is 15.0 Å². The Hall–Kier alpha value is -6.25. The lowest BCUT2D eigenvalue weighted by atomic mass is 9.52. The zero-order chi connectivity index (χ0) is 53.8. The first-order chi connectivity index (χ1) is 34.9. The van der Waals surface area contributed by atoms with E-state index in [2.05, 4.69) is 103 Å². The van der Waals surface area contributed by atoms with Gasteiger partial charge in [-0.05, 0) is 103 Å². The molecule has 3 fully saturated rings. The van der Waals surface area contributed by atoms with Crippen LogP contribution in [0.15, 0.2) is 55.0 Å². The summed E-state index contributed by atoms with van der Waals surface area (Å²) in [5.74, 6) is 2.13. The van der Waals surface area contributed by atoms with Crippen molar-refractivity contribution in [2.24, 2.45) is 21.7 Å². The number of aromatic nitrogens is 4. The molecule has 18 heteroatoms. The summed E-state index contributed by atoms with van der Waals surface area (Å²) in [6, 6.07) is 11.5. The summed E-state index contributed by atoms with van der Waals surface area (Å²) in [5, 5.41) is 27.2. The number of nitrogens with one attached hydrogen (secondary N) is 3. The van der Waals surface area contributed by atoms with Crippen LogP contribution in [-0.4, -0.2) is 107 Å². The Morgan fingerprint density at radius 1 is 0.919 bits per heavy atom. The highest BCUT2D eigenvalue weighted by atomic mass is 35.5. The molecule has 4 N–H and O–H groups in total. The minimum Gasteiger partial charge on any atom is -0.508 e. The second kappa shape index (κ2) is 22.7. The first kappa shape index (κ1) is 55.5. The number of halogens is 1. The third-order valence-corrected chi connectivity index (χ3v) is 15.3. The van der Waals surface area contributed by atoms with Gasteiger partial charge in [-0.3, -0.25) is 14.4 Å². The molecule has 2 aliphatic heterocycles. The summed E-state index contributed by atoms with van der Waals surface area (Å²) in [7, 11) is 3.37. The van der Waals surface area contributed by atoms with Gasteiger partial charge >= 0.3 is 0 Å². The first-order valence-electron chi connectivity index (χ1n) is 26.0. The summed E-state index contributed by atoms with van der Waals surface area (Å²) in [6.45, 7) is 22.3. The second-order valence-corrected chi connectivity index (χ2v) is 23.8. The van der Waals surface area contributed by atoms with Crippen molar-refractivity contribution in [3.8, 4) is 17.6 Å². The number of hydrogen-bond donors (Lipinski definition) is 4. The number of ether oxygens (including phenoxy) is 2. The van der Waals surface area contributed by atoms with Crippen molar-refractivity contribution >= 4 is 58.4 Å². The Morgan fingerprint density at radius 3 is 2.20 bits per heavy atom. The Labute approximate surface area is 442 Å². The number of aromatic hydroxyl groups is 1.